The molecule has 2 aromatic rings. The van der Waals surface area contributed by atoms with Gasteiger partial charge in [-0.05, 0) is 47.9 Å². The van der Waals surface area contributed by atoms with Crippen LogP contribution >= 0.6 is 23.5 Å². The zero-order chi connectivity index (χ0) is 19.5. The van der Waals surface area contributed by atoms with E-state index >= 15 is 0 Å². The number of carbonyl (C=O) groups is 2. The van der Waals surface area contributed by atoms with Crippen LogP contribution in [0, 0.1) is 0 Å². The molecule has 6 heteroatoms. The molecule has 0 aliphatic rings. The van der Waals surface area contributed by atoms with Gasteiger partial charge in [-0.3, -0.25) is 9.59 Å². The Bertz CT molecular complexity index is 721. The predicted molar refractivity (Wildman–Crippen MR) is 115 cm³/mol. The summed E-state index contributed by atoms with van der Waals surface area (Å²) in [6, 6.07) is 17.1. The van der Waals surface area contributed by atoms with Crippen molar-refractivity contribution in [2.75, 3.05) is 18.3 Å². The number of nitrogens with one attached hydrogen (secondary N) is 2. The maximum atomic E-state index is 12.6. The van der Waals surface area contributed by atoms with Gasteiger partial charge in [0.25, 0.3) is 0 Å². The minimum absolute atomic E-state index is 0.133. The Morgan fingerprint density at radius 2 is 1.67 bits per heavy atom. The first kappa shape index (κ1) is 21.4. The Morgan fingerprint density at radius 1 is 0.963 bits per heavy atom. The average molecular weight is 403 g/mol. The second-order valence-electron chi connectivity index (χ2n) is 6.13. The highest BCUT2D eigenvalue weighted by Gasteiger charge is 2.20. The van der Waals surface area contributed by atoms with Crippen molar-refractivity contribution in [2.24, 2.45) is 0 Å². The summed E-state index contributed by atoms with van der Waals surface area (Å²) in [7, 11) is 0. The van der Waals surface area contributed by atoms with E-state index in [4.69, 9.17) is 0 Å². The van der Waals surface area contributed by atoms with Crippen LogP contribution in [0.25, 0.3) is 0 Å². The standard InChI is InChI=1S/C21H26N2O2S2/c1-26-13-12-19(23-20(24)14-16-6-4-3-5-7-16)21(25)22-15-17-8-10-18(27-2)11-9-17/h3-11,19H,12-15H2,1-2H3,(H,22,25)(H,23,24). The highest BCUT2D eigenvalue weighted by Crippen LogP contribution is 2.14. The number of hydrogen-bond donors (Lipinski definition) is 2. The molecule has 2 rings (SSSR count). The lowest BCUT2D eigenvalue weighted by Crippen LogP contribution is -2.47. The molecule has 0 radical (unpaired) electrons. The summed E-state index contributed by atoms with van der Waals surface area (Å²) in [5, 5.41) is 5.83. The van der Waals surface area contributed by atoms with Crippen LogP contribution in [0.2, 0.25) is 0 Å². The van der Waals surface area contributed by atoms with Gasteiger partial charge in [0.05, 0.1) is 6.42 Å². The summed E-state index contributed by atoms with van der Waals surface area (Å²) < 4.78 is 0. The lowest BCUT2D eigenvalue weighted by atomic mass is 10.1. The summed E-state index contributed by atoms with van der Waals surface area (Å²) >= 11 is 3.35. The van der Waals surface area contributed by atoms with Gasteiger partial charge >= 0.3 is 0 Å². The Balaban J connectivity index is 1.90. The highest BCUT2D eigenvalue weighted by molar-refractivity contribution is 7.98. The lowest BCUT2D eigenvalue weighted by molar-refractivity contribution is -0.128. The fourth-order valence-corrected chi connectivity index (χ4v) is 3.47. The summed E-state index contributed by atoms with van der Waals surface area (Å²) in [6.07, 6.45) is 4.91. The third-order valence-electron chi connectivity index (χ3n) is 4.10. The second-order valence-corrected chi connectivity index (χ2v) is 8.00. The molecule has 0 aliphatic heterocycles. The van der Waals surface area contributed by atoms with Crippen LogP contribution in [-0.4, -0.2) is 36.1 Å². The number of thioether (sulfide) groups is 2. The van der Waals surface area contributed by atoms with Gasteiger partial charge in [0.15, 0.2) is 0 Å². The van der Waals surface area contributed by atoms with Crippen LogP contribution in [-0.2, 0) is 22.6 Å². The van der Waals surface area contributed by atoms with Crippen LogP contribution in [0.4, 0.5) is 0 Å². The smallest absolute Gasteiger partial charge is 0.242 e. The molecule has 0 aliphatic carbocycles. The van der Waals surface area contributed by atoms with Crippen LogP contribution in [0.15, 0.2) is 59.5 Å². The van der Waals surface area contributed by atoms with E-state index in [0.29, 0.717) is 13.0 Å². The number of amides is 2. The normalized spacial score (nSPS) is 11.6. The molecule has 0 saturated heterocycles. The van der Waals surface area contributed by atoms with Crippen molar-refractivity contribution < 1.29 is 9.59 Å². The van der Waals surface area contributed by atoms with Crippen LogP contribution in [0.5, 0.6) is 0 Å². The molecule has 0 heterocycles. The summed E-state index contributed by atoms with van der Waals surface area (Å²) in [5.74, 6) is 0.540. The number of hydrogen-bond acceptors (Lipinski definition) is 4. The Hall–Kier alpha value is -1.92. The van der Waals surface area contributed by atoms with Crippen molar-refractivity contribution >= 4 is 35.3 Å². The Labute approximate surface area is 169 Å². The quantitative estimate of drug-likeness (QED) is 0.597. The van der Waals surface area contributed by atoms with Gasteiger partial charge in [-0.25, -0.2) is 0 Å². The molecule has 1 atom stereocenters. The van der Waals surface area contributed by atoms with Gasteiger partial charge < -0.3 is 10.6 Å². The Morgan fingerprint density at radius 3 is 2.30 bits per heavy atom. The molecule has 144 valence electrons. The zero-order valence-corrected chi connectivity index (χ0v) is 17.4. The first-order valence-electron chi connectivity index (χ1n) is 8.85. The topological polar surface area (TPSA) is 58.2 Å². The molecule has 4 nitrogen and oxygen atoms in total. The maximum Gasteiger partial charge on any atom is 0.242 e. The fourth-order valence-electron chi connectivity index (χ4n) is 2.59. The summed E-state index contributed by atoms with van der Waals surface area (Å²) in [6.45, 7) is 0.456. The number of benzene rings is 2. The first-order chi connectivity index (χ1) is 13.1. The summed E-state index contributed by atoms with van der Waals surface area (Å²) in [4.78, 5) is 26.1. The predicted octanol–water partition coefficient (Wildman–Crippen LogP) is 3.51. The van der Waals surface area contributed by atoms with Crippen molar-refractivity contribution in [3.8, 4) is 0 Å². The molecule has 0 aromatic heterocycles. The molecular formula is C21H26N2O2S2. The number of carbonyl (C=O) groups excluding carboxylic acids is 2. The molecule has 0 bridgehead atoms. The Kier molecular flexibility index (Phi) is 9.28. The molecule has 1 unspecified atom stereocenters. The van der Waals surface area contributed by atoms with Gasteiger partial charge in [0, 0.05) is 11.4 Å². The minimum atomic E-state index is -0.515. The maximum absolute atomic E-state index is 12.6. The van der Waals surface area contributed by atoms with Crippen molar-refractivity contribution in [3.63, 3.8) is 0 Å². The molecule has 2 aromatic carbocycles. The third-order valence-corrected chi connectivity index (χ3v) is 5.48. The van der Waals surface area contributed by atoms with E-state index in [1.54, 1.807) is 23.5 Å². The van der Waals surface area contributed by atoms with Gasteiger partial charge in [-0.2, -0.15) is 11.8 Å². The van der Waals surface area contributed by atoms with Gasteiger partial charge in [-0.15, -0.1) is 11.8 Å². The van der Waals surface area contributed by atoms with Crippen LogP contribution in [0.3, 0.4) is 0 Å². The van der Waals surface area contributed by atoms with E-state index in [1.807, 2.05) is 67.1 Å². The lowest BCUT2D eigenvalue weighted by Gasteiger charge is -2.18. The van der Waals surface area contributed by atoms with E-state index in [0.717, 1.165) is 16.9 Å². The van der Waals surface area contributed by atoms with E-state index < -0.39 is 6.04 Å². The first-order valence-corrected chi connectivity index (χ1v) is 11.5. The molecule has 2 N–H and O–H groups in total. The summed E-state index contributed by atoms with van der Waals surface area (Å²) in [5.41, 5.74) is 1.98. The molecule has 2 amide bonds. The van der Waals surface area contributed by atoms with Gasteiger partial charge in [0.2, 0.25) is 11.8 Å². The molecule has 27 heavy (non-hydrogen) atoms. The molecule has 0 spiro atoms. The van der Waals surface area contributed by atoms with Gasteiger partial charge in [-0.1, -0.05) is 42.5 Å². The van der Waals surface area contributed by atoms with Gasteiger partial charge in [0.1, 0.15) is 6.04 Å². The average Bonchev–Trinajstić information content (AvgIpc) is 2.70. The largest absolute Gasteiger partial charge is 0.350 e. The van der Waals surface area contributed by atoms with Crippen molar-refractivity contribution in [2.45, 2.75) is 30.3 Å². The second kappa shape index (κ2) is 11.7. The highest BCUT2D eigenvalue weighted by atomic mass is 32.2. The van der Waals surface area contributed by atoms with E-state index in [-0.39, 0.29) is 18.2 Å². The SMILES string of the molecule is CSCCC(NC(=O)Cc1ccccc1)C(=O)NCc1ccc(SC)cc1. The van der Waals surface area contributed by atoms with Crippen molar-refractivity contribution in [3.05, 3.63) is 65.7 Å². The molecular weight excluding hydrogens is 376 g/mol. The van der Waals surface area contributed by atoms with E-state index in [1.165, 1.54) is 4.90 Å². The van der Waals surface area contributed by atoms with Crippen molar-refractivity contribution in [1.29, 1.82) is 0 Å². The van der Waals surface area contributed by atoms with Crippen LogP contribution < -0.4 is 10.6 Å². The van der Waals surface area contributed by atoms with E-state index in [2.05, 4.69) is 10.6 Å². The minimum Gasteiger partial charge on any atom is -0.350 e. The van der Waals surface area contributed by atoms with Crippen molar-refractivity contribution in [1.82, 2.24) is 10.6 Å². The van der Waals surface area contributed by atoms with Crippen LogP contribution in [0.1, 0.15) is 17.5 Å². The molecule has 0 fully saturated rings. The van der Waals surface area contributed by atoms with E-state index in [9.17, 15) is 9.59 Å². The number of rotatable bonds is 10. The fraction of sp³-hybridized carbons (Fsp3) is 0.333. The monoisotopic (exact) mass is 402 g/mol. The molecule has 0 saturated carbocycles. The zero-order valence-electron chi connectivity index (χ0n) is 15.7. The third kappa shape index (κ3) is 7.69.